The molecule has 0 spiro atoms. The first-order valence-electron chi connectivity index (χ1n) is 8.02. The molecule has 1 saturated heterocycles. The molecule has 0 bridgehead atoms. The van der Waals surface area contributed by atoms with Crippen LogP contribution in [0.1, 0.15) is 31.7 Å². The van der Waals surface area contributed by atoms with Gasteiger partial charge in [-0.1, -0.05) is 6.92 Å². The van der Waals surface area contributed by atoms with Gasteiger partial charge in [0.25, 0.3) is 0 Å². The van der Waals surface area contributed by atoms with Crippen LogP contribution in [-0.2, 0) is 6.54 Å². The Labute approximate surface area is 128 Å². The van der Waals surface area contributed by atoms with Gasteiger partial charge in [-0.15, -0.1) is 0 Å². The molecule has 1 N–H and O–H groups in total. The molecule has 1 aliphatic heterocycles. The number of halogens is 1. The Morgan fingerprint density at radius 2 is 2.05 bits per heavy atom. The Hall–Kier alpha value is -1.13. The van der Waals surface area contributed by atoms with Crippen LogP contribution in [0, 0.1) is 5.82 Å². The monoisotopic (exact) mass is 293 g/mol. The Kier molecular flexibility index (Phi) is 6.00. The van der Waals surface area contributed by atoms with Crippen molar-refractivity contribution in [3.8, 4) is 0 Å². The average Bonchev–Trinajstić information content (AvgIpc) is 2.48. The highest BCUT2D eigenvalue weighted by atomic mass is 19.1. The molecular weight excluding hydrogens is 265 g/mol. The molecule has 0 atom stereocenters. The fourth-order valence-corrected chi connectivity index (χ4v) is 3.02. The molecule has 1 fully saturated rings. The van der Waals surface area contributed by atoms with Gasteiger partial charge in [0.1, 0.15) is 5.82 Å². The van der Waals surface area contributed by atoms with E-state index in [1.165, 1.54) is 12.8 Å². The number of benzene rings is 1. The summed E-state index contributed by atoms with van der Waals surface area (Å²) in [6.07, 6.45) is 3.44. The maximum absolute atomic E-state index is 13.6. The third-order valence-corrected chi connectivity index (χ3v) is 4.40. The van der Waals surface area contributed by atoms with Crippen LogP contribution < -0.4 is 10.2 Å². The van der Waals surface area contributed by atoms with Crippen molar-refractivity contribution in [1.29, 1.82) is 0 Å². The third-order valence-electron chi connectivity index (χ3n) is 4.40. The van der Waals surface area contributed by atoms with E-state index >= 15 is 0 Å². The first-order valence-corrected chi connectivity index (χ1v) is 8.02. The van der Waals surface area contributed by atoms with Gasteiger partial charge in [-0.3, -0.25) is 0 Å². The number of anilines is 1. The Morgan fingerprint density at radius 3 is 2.71 bits per heavy atom. The molecule has 3 nitrogen and oxygen atoms in total. The van der Waals surface area contributed by atoms with Crippen LogP contribution in [0.2, 0.25) is 0 Å². The fraction of sp³-hybridized carbons (Fsp3) is 0.647. The van der Waals surface area contributed by atoms with Crippen molar-refractivity contribution in [2.45, 2.75) is 38.8 Å². The number of likely N-dealkylation sites (tertiary alicyclic amines) is 1. The normalized spacial score (nSPS) is 17.1. The van der Waals surface area contributed by atoms with Crippen LogP contribution in [0.5, 0.6) is 0 Å². The van der Waals surface area contributed by atoms with Gasteiger partial charge in [0, 0.05) is 25.3 Å². The lowest BCUT2D eigenvalue weighted by molar-refractivity contribution is 0.252. The second kappa shape index (κ2) is 7.76. The number of rotatable bonds is 6. The van der Waals surface area contributed by atoms with Crippen molar-refractivity contribution in [2.24, 2.45) is 0 Å². The van der Waals surface area contributed by atoms with Gasteiger partial charge in [0.2, 0.25) is 0 Å². The minimum Gasteiger partial charge on any atom is -0.371 e. The van der Waals surface area contributed by atoms with Crippen LogP contribution in [0.15, 0.2) is 18.2 Å². The van der Waals surface area contributed by atoms with Crippen LogP contribution >= 0.6 is 0 Å². The Balaban J connectivity index is 2.09. The van der Waals surface area contributed by atoms with E-state index in [0.29, 0.717) is 6.04 Å². The molecule has 0 saturated carbocycles. The van der Waals surface area contributed by atoms with E-state index in [4.69, 9.17) is 0 Å². The van der Waals surface area contributed by atoms with Gasteiger partial charge >= 0.3 is 0 Å². The van der Waals surface area contributed by atoms with E-state index in [1.807, 2.05) is 6.07 Å². The zero-order chi connectivity index (χ0) is 15.2. The predicted octanol–water partition coefficient (Wildman–Crippen LogP) is 2.86. The maximum Gasteiger partial charge on any atom is 0.123 e. The van der Waals surface area contributed by atoms with E-state index < -0.39 is 0 Å². The molecule has 21 heavy (non-hydrogen) atoms. The molecule has 118 valence electrons. The van der Waals surface area contributed by atoms with E-state index in [2.05, 4.69) is 36.1 Å². The van der Waals surface area contributed by atoms with Crippen molar-refractivity contribution in [3.05, 3.63) is 29.6 Å². The summed E-state index contributed by atoms with van der Waals surface area (Å²) < 4.78 is 13.6. The second-order valence-corrected chi connectivity index (χ2v) is 6.10. The summed E-state index contributed by atoms with van der Waals surface area (Å²) in [5.41, 5.74) is 2.22. The minimum absolute atomic E-state index is 0.149. The fourth-order valence-electron chi connectivity index (χ4n) is 3.02. The van der Waals surface area contributed by atoms with E-state index in [9.17, 15) is 4.39 Å². The zero-order valence-electron chi connectivity index (χ0n) is 13.5. The molecule has 1 aliphatic rings. The predicted molar refractivity (Wildman–Crippen MR) is 87.3 cm³/mol. The van der Waals surface area contributed by atoms with Crippen molar-refractivity contribution < 1.29 is 4.39 Å². The lowest BCUT2D eigenvalue weighted by atomic mass is 10.0. The molecule has 4 heteroatoms. The molecule has 1 aromatic rings. The number of nitrogens with zero attached hydrogens (tertiary/aromatic N) is 2. The highest BCUT2D eigenvalue weighted by Crippen LogP contribution is 2.26. The molecule has 0 unspecified atom stereocenters. The van der Waals surface area contributed by atoms with Crippen LogP contribution in [0.25, 0.3) is 0 Å². The SMILES string of the molecule is CCCNCc1cc(F)ccc1N(C)C1CCN(C)CC1. The van der Waals surface area contributed by atoms with Crippen molar-refractivity contribution in [3.63, 3.8) is 0 Å². The van der Waals surface area contributed by atoms with Crippen molar-refractivity contribution in [2.75, 3.05) is 38.6 Å². The summed E-state index contributed by atoms with van der Waals surface area (Å²) in [6.45, 7) is 6.12. The van der Waals surface area contributed by atoms with E-state index in [0.717, 1.165) is 43.9 Å². The quantitative estimate of drug-likeness (QED) is 0.814. The molecule has 1 aromatic carbocycles. The number of piperidine rings is 1. The summed E-state index contributed by atoms with van der Waals surface area (Å²) in [6, 6.07) is 5.72. The summed E-state index contributed by atoms with van der Waals surface area (Å²) in [4.78, 5) is 4.72. The largest absolute Gasteiger partial charge is 0.371 e. The molecule has 0 amide bonds. The number of hydrogen-bond acceptors (Lipinski definition) is 3. The molecule has 0 radical (unpaired) electrons. The highest BCUT2D eigenvalue weighted by molar-refractivity contribution is 5.54. The molecular formula is C17H28FN3. The van der Waals surface area contributed by atoms with Gasteiger partial charge in [-0.05, 0) is 69.7 Å². The Morgan fingerprint density at radius 1 is 1.33 bits per heavy atom. The molecule has 0 aromatic heterocycles. The standard InChI is InChI=1S/C17H28FN3/c1-4-9-19-13-14-12-15(18)5-6-17(14)21(3)16-7-10-20(2)11-8-16/h5-6,12,16,19H,4,7-11,13H2,1-3H3. The third kappa shape index (κ3) is 4.42. The van der Waals surface area contributed by atoms with Gasteiger partial charge in [0.15, 0.2) is 0 Å². The number of hydrogen-bond donors (Lipinski definition) is 1. The first kappa shape index (κ1) is 16.2. The van der Waals surface area contributed by atoms with Crippen molar-refractivity contribution >= 4 is 5.69 Å². The zero-order valence-corrected chi connectivity index (χ0v) is 13.5. The molecule has 0 aliphatic carbocycles. The smallest absolute Gasteiger partial charge is 0.123 e. The maximum atomic E-state index is 13.6. The van der Waals surface area contributed by atoms with E-state index in [-0.39, 0.29) is 5.82 Å². The lowest BCUT2D eigenvalue weighted by Gasteiger charge is -2.37. The highest BCUT2D eigenvalue weighted by Gasteiger charge is 2.22. The van der Waals surface area contributed by atoms with Gasteiger partial charge in [-0.2, -0.15) is 0 Å². The summed E-state index contributed by atoms with van der Waals surface area (Å²) in [7, 11) is 4.32. The summed E-state index contributed by atoms with van der Waals surface area (Å²) in [5, 5.41) is 3.38. The Bertz CT molecular complexity index is 442. The van der Waals surface area contributed by atoms with Crippen LogP contribution in [-0.4, -0.2) is 44.7 Å². The molecule has 1 heterocycles. The lowest BCUT2D eigenvalue weighted by Crippen LogP contribution is -2.42. The van der Waals surface area contributed by atoms with E-state index in [1.54, 1.807) is 12.1 Å². The number of nitrogens with one attached hydrogen (secondary N) is 1. The summed E-state index contributed by atoms with van der Waals surface area (Å²) >= 11 is 0. The van der Waals surface area contributed by atoms with Gasteiger partial charge in [0.05, 0.1) is 0 Å². The molecule has 2 rings (SSSR count). The van der Waals surface area contributed by atoms with Crippen molar-refractivity contribution in [1.82, 2.24) is 10.2 Å². The van der Waals surface area contributed by atoms with Crippen LogP contribution in [0.4, 0.5) is 10.1 Å². The average molecular weight is 293 g/mol. The second-order valence-electron chi connectivity index (χ2n) is 6.10. The summed E-state index contributed by atoms with van der Waals surface area (Å²) in [5.74, 6) is -0.149. The van der Waals surface area contributed by atoms with Gasteiger partial charge < -0.3 is 15.1 Å². The minimum atomic E-state index is -0.149. The first-order chi connectivity index (χ1) is 10.1. The van der Waals surface area contributed by atoms with Crippen LogP contribution in [0.3, 0.4) is 0 Å². The topological polar surface area (TPSA) is 18.5 Å². The van der Waals surface area contributed by atoms with Gasteiger partial charge in [-0.25, -0.2) is 4.39 Å².